The van der Waals surface area contributed by atoms with Crippen LogP contribution in [0.15, 0.2) is 72.9 Å². The van der Waals surface area contributed by atoms with Crippen LogP contribution in [0.2, 0.25) is 0 Å². The van der Waals surface area contributed by atoms with Gasteiger partial charge in [0.25, 0.3) is 0 Å². The van der Waals surface area contributed by atoms with Crippen LogP contribution in [-0.4, -0.2) is 77.4 Å². The molecule has 2 unspecified atom stereocenters. The molecule has 0 heterocycles. The molecule has 0 spiro atoms. The van der Waals surface area contributed by atoms with E-state index in [4.69, 9.17) is 18.9 Å². The second kappa shape index (κ2) is 62.5. The maximum atomic E-state index is 6.49. The molecule has 0 radical (unpaired) electrons. The minimum Gasteiger partial charge on any atom is -0.379 e. The Balaban J connectivity index is 4.58. The molecule has 0 rings (SSSR count). The van der Waals surface area contributed by atoms with Crippen LogP contribution >= 0.6 is 0 Å². The maximum Gasteiger partial charge on any atom is 0.104 e. The van der Waals surface area contributed by atoms with Crippen molar-refractivity contribution in [1.29, 1.82) is 0 Å². The van der Waals surface area contributed by atoms with Gasteiger partial charge in [-0.15, -0.1) is 0 Å². The fourth-order valence-corrected chi connectivity index (χ4v) is 8.77. The highest BCUT2D eigenvalue weighted by molar-refractivity contribution is 4.94. The number of unbranched alkanes of at least 4 members (excludes halogenated alkanes) is 29. The second-order valence-electron chi connectivity index (χ2n) is 21.0. The Hall–Kier alpha value is -1.76. The number of allylic oxidation sites excluding steroid dienone is 12. The number of nitrogens with zero attached hydrogens (tertiary/aromatic N) is 1. The van der Waals surface area contributed by atoms with Gasteiger partial charge in [-0.3, -0.25) is 0 Å². The summed E-state index contributed by atoms with van der Waals surface area (Å²) in [6.07, 6.45) is 78.8. The van der Waals surface area contributed by atoms with Gasteiger partial charge in [-0.25, -0.2) is 0 Å². The van der Waals surface area contributed by atoms with Gasteiger partial charge in [0.2, 0.25) is 0 Å². The molecule has 416 valence electrons. The SMILES string of the molecule is CCCCCC=CCC=CCCCCCCCCCCOC(COCCCCCCCCC=CCC=CCCCCC)COCC(CCCN(C)C)OCCCCCCCCC=CCC=CCCCCC. The van der Waals surface area contributed by atoms with Crippen LogP contribution in [0.1, 0.15) is 278 Å². The van der Waals surface area contributed by atoms with Crippen LogP contribution in [-0.2, 0) is 18.9 Å². The first-order chi connectivity index (χ1) is 35.1. The molecule has 0 aromatic rings. The Labute approximate surface area is 445 Å². The first-order valence-electron chi connectivity index (χ1n) is 31.1. The van der Waals surface area contributed by atoms with Crippen LogP contribution in [0.25, 0.3) is 0 Å². The molecule has 0 amide bonds. The van der Waals surface area contributed by atoms with Crippen molar-refractivity contribution in [3.63, 3.8) is 0 Å². The Morgan fingerprint density at radius 3 is 0.958 bits per heavy atom. The fraction of sp³-hybridized carbons (Fsp3) is 0.818. The van der Waals surface area contributed by atoms with Crippen LogP contribution in [0, 0.1) is 0 Å². The van der Waals surface area contributed by atoms with Gasteiger partial charge in [0, 0.05) is 19.8 Å². The summed E-state index contributed by atoms with van der Waals surface area (Å²) in [5.41, 5.74) is 0. The largest absolute Gasteiger partial charge is 0.379 e. The van der Waals surface area contributed by atoms with E-state index in [1.165, 1.54) is 205 Å². The zero-order chi connectivity index (χ0) is 51.3. The highest BCUT2D eigenvalue weighted by Crippen LogP contribution is 2.14. The normalized spacial score (nSPS) is 13.4. The molecule has 0 aliphatic heterocycles. The lowest BCUT2D eigenvalue weighted by Crippen LogP contribution is -2.30. The van der Waals surface area contributed by atoms with E-state index in [1.807, 2.05) is 0 Å². The average Bonchev–Trinajstić information content (AvgIpc) is 3.37. The fourth-order valence-electron chi connectivity index (χ4n) is 8.77. The van der Waals surface area contributed by atoms with Crippen molar-refractivity contribution < 1.29 is 18.9 Å². The third-order valence-electron chi connectivity index (χ3n) is 13.4. The van der Waals surface area contributed by atoms with Crippen molar-refractivity contribution in [2.75, 3.05) is 60.3 Å². The molecule has 71 heavy (non-hydrogen) atoms. The predicted molar refractivity (Wildman–Crippen MR) is 316 cm³/mol. The summed E-state index contributed by atoms with van der Waals surface area (Å²) in [6.45, 7) is 12.1. The molecule has 5 nitrogen and oxygen atoms in total. The third kappa shape index (κ3) is 60.7. The van der Waals surface area contributed by atoms with Gasteiger partial charge < -0.3 is 23.8 Å². The minimum absolute atomic E-state index is 0.0226. The van der Waals surface area contributed by atoms with Crippen molar-refractivity contribution in [1.82, 2.24) is 4.90 Å². The van der Waals surface area contributed by atoms with Gasteiger partial charge in [-0.1, -0.05) is 222 Å². The van der Waals surface area contributed by atoms with Crippen molar-refractivity contribution >= 4 is 0 Å². The van der Waals surface area contributed by atoms with Crippen LogP contribution < -0.4 is 0 Å². The predicted octanol–water partition coefficient (Wildman–Crippen LogP) is 20.4. The Morgan fingerprint density at radius 1 is 0.296 bits per heavy atom. The summed E-state index contributed by atoms with van der Waals surface area (Å²) in [4.78, 5) is 2.27. The van der Waals surface area contributed by atoms with Gasteiger partial charge in [-0.05, 0) is 149 Å². The van der Waals surface area contributed by atoms with Crippen LogP contribution in [0.5, 0.6) is 0 Å². The Morgan fingerprint density at radius 2 is 0.592 bits per heavy atom. The Kier molecular flexibility index (Phi) is 61.0. The lowest BCUT2D eigenvalue weighted by Gasteiger charge is -2.22. The zero-order valence-corrected chi connectivity index (χ0v) is 48.4. The number of rotatable bonds is 59. The molecule has 0 aliphatic rings. The summed E-state index contributed by atoms with van der Waals surface area (Å²) in [5, 5.41) is 0. The van der Waals surface area contributed by atoms with E-state index in [2.05, 4.69) is 113 Å². The molecule has 0 saturated carbocycles. The van der Waals surface area contributed by atoms with Crippen LogP contribution in [0.4, 0.5) is 0 Å². The number of hydrogen-bond donors (Lipinski definition) is 0. The van der Waals surface area contributed by atoms with E-state index < -0.39 is 0 Å². The second-order valence-corrected chi connectivity index (χ2v) is 21.0. The topological polar surface area (TPSA) is 40.2 Å². The quantitative estimate of drug-likeness (QED) is 0.0449. The molecule has 2 atom stereocenters. The molecule has 5 heteroatoms. The van der Waals surface area contributed by atoms with Gasteiger partial charge in [-0.2, -0.15) is 0 Å². The zero-order valence-electron chi connectivity index (χ0n) is 48.4. The van der Waals surface area contributed by atoms with Gasteiger partial charge in [0.05, 0.1) is 25.9 Å². The Bertz CT molecular complexity index is 1170. The van der Waals surface area contributed by atoms with Crippen molar-refractivity contribution in [2.24, 2.45) is 0 Å². The summed E-state index contributed by atoms with van der Waals surface area (Å²) >= 11 is 0. The lowest BCUT2D eigenvalue weighted by molar-refractivity contribution is -0.0834. The number of ether oxygens (including phenoxy) is 4. The molecule has 0 aromatic heterocycles. The minimum atomic E-state index is -0.0226. The smallest absolute Gasteiger partial charge is 0.104 e. The molecule has 0 aromatic carbocycles. The van der Waals surface area contributed by atoms with Crippen molar-refractivity contribution in [3.8, 4) is 0 Å². The lowest BCUT2D eigenvalue weighted by atomic mass is 10.1. The molecular weight excluding hydrogens is 871 g/mol. The molecule has 0 fully saturated rings. The summed E-state index contributed by atoms with van der Waals surface area (Å²) < 4.78 is 25.6. The third-order valence-corrected chi connectivity index (χ3v) is 13.4. The van der Waals surface area contributed by atoms with Crippen LogP contribution in [0.3, 0.4) is 0 Å². The molecule has 0 aliphatic carbocycles. The van der Waals surface area contributed by atoms with E-state index in [0.717, 1.165) is 77.7 Å². The first-order valence-corrected chi connectivity index (χ1v) is 31.1. The van der Waals surface area contributed by atoms with Gasteiger partial charge >= 0.3 is 0 Å². The summed E-state index contributed by atoms with van der Waals surface area (Å²) in [5.74, 6) is 0. The summed E-state index contributed by atoms with van der Waals surface area (Å²) in [7, 11) is 4.32. The highest BCUT2D eigenvalue weighted by atomic mass is 16.6. The van der Waals surface area contributed by atoms with E-state index in [1.54, 1.807) is 0 Å². The molecule has 0 bridgehead atoms. The molecular formula is C66H123NO4. The standard InChI is InChI=1S/C66H123NO4/c1-6-9-12-15-18-21-24-27-30-33-34-37-40-43-46-49-52-55-61-71-66(63-68-59-53-50-47-44-41-38-35-31-28-25-22-19-16-13-10-7-2)64-69-62-65(57-56-58-67(4)5)70-60-54-51-48-45-42-39-36-32-29-26-23-20-17-14-11-8-3/h18-23,27-32,65-66H,6-17,24-26,33-64H2,1-5H3. The van der Waals surface area contributed by atoms with Crippen molar-refractivity contribution in [2.45, 2.75) is 290 Å². The monoisotopic (exact) mass is 994 g/mol. The molecule has 0 saturated heterocycles. The first kappa shape index (κ1) is 69.2. The number of hydrogen-bond acceptors (Lipinski definition) is 5. The van der Waals surface area contributed by atoms with Gasteiger partial charge in [0.1, 0.15) is 6.10 Å². The highest BCUT2D eigenvalue weighted by Gasteiger charge is 2.15. The van der Waals surface area contributed by atoms with Gasteiger partial charge in [0.15, 0.2) is 0 Å². The van der Waals surface area contributed by atoms with Crippen molar-refractivity contribution in [3.05, 3.63) is 72.9 Å². The maximum absolute atomic E-state index is 6.49. The van der Waals surface area contributed by atoms with E-state index >= 15 is 0 Å². The summed E-state index contributed by atoms with van der Waals surface area (Å²) in [6, 6.07) is 0. The average molecular weight is 995 g/mol. The molecule has 0 N–H and O–H groups in total. The van der Waals surface area contributed by atoms with E-state index in [0.29, 0.717) is 19.8 Å². The van der Waals surface area contributed by atoms with E-state index in [9.17, 15) is 0 Å². The van der Waals surface area contributed by atoms with E-state index in [-0.39, 0.29) is 12.2 Å².